The first-order chi connectivity index (χ1) is 11.3. The Hall–Kier alpha value is -0.300. The third kappa shape index (κ3) is 2.22. The van der Waals surface area contributed by atoms with Gasteiger partial charge in [0, 0.05) is 0 Å². The Kier molecular flexibility index (Phi) is 4.00. The Morgan fingerprint density at radius 2 is 1.83 bits per heavy atom. The van der Waals surface area contributed by atoms with Crippen molar-refractivity contribution in [2.45, 2.75) is 85.7 Å². The molecule has 0 spiro atoms. The summed E-state index contributed by atoms with van der Waals surface area (Å²) < 4.78 is 0. The highest BCUT2D eigenvalue weighted by Gasteiger charge is 2.59. The van der Waals surface area contributed by atoms with Crippen LogP contribution >= 0.6 is 0 Å². The SMILES string of the molecule is CC(C)[C@H]1CCC2C3CCC4=CC(O)[C@@H](C)CC4(C)C3CC[C@@]21C. The van der Waals surface area contributed by atoms with E-state index in [9.17, 15) is 5.11 Å². The fourth-order valence-electron chi connectivity index (χ4n) is 8.18. The number of aliphatic hydroxyl groups is 1. The molecular weight excluding hydrogens is 292 g/mol. The third-order valence-corrected chi connectivity index (χ3v) is 9.32. The molecule has 0 radical (unpaired) electrons. The van der Waals surface area contributed by atoms with Gasteiger partial charge < -0.3 is 5.11 Å². The summed E-state index contributed by atoms with van der Waals surface area (Å²) in [6.07, 6.45) is 11.7. The van der Waals surface area contributed by atoms with Crippen LogP contribution in [0.25, 0.3) is 0 Å². The maximum atomic E-state index is 10.3. The van der Waals surface area contributed by atoms with E-state index in [1.165, 1.54) is 44.9 Å². The molecule has 0 heterocycles. The molecular formula is C23H38O. The Morgan fingerprint density at radius 1 is 1.08 bits per heavy atom. The molecule has 4 rings (SSSR count). The number of hydrogen-bond acceptors (Lipinski definition) is 1. The summed E-state index contributed by atoms with van der Waals surface area (Å²) in [5.41, 5.74) is 2.59. The summed E-state index contributed by atoms with van der Waals surface area (Å²) in [6.45, 7) is 12.4. The molecule has 1 nitrogen and oxygen atoms in total. The quantitative estimate of drug-likeness (QED) is 0.600. The zero-order valence-electron chi connectivity index (χ0n) is 16.5. The van der Waals surface area contributed by atoms with Crippen LogP contribution in [0.2, 0.25) is 0 Å². The van der Waals surface area contributed by atoms with Gasteiger partial charge in [-0.05, 0) is 91.3 Å². The number of rotatable bonds is 1. The van der Waals surface area contributed by atoms with Gasteiger partial charge in [-0.25, -0.2) is 0 Å². The van der Waals surface area contributed by atoms with Gasteiger partial charge in [0.2, 0.25) is 0 Å². The maximum absolute atomic E-state index is 10.3. The molecule has 0 aromatic carbocycles. The molecule has 5 unspecified atom stereocenters. The standard InChI is InChI=1S/C23H38O/c1-14(2)18-8-9-19-17-7-6-16-12-21(24)15(3)13-23(16,5)20(17)10-11-22(18,19)4/h12,14-15,17-21,24H,6-11,13H2,1-5H3/t15-,17?,18+,19?,20?,21?,22+,23?/m0/s1. The topological polar surface area (TPSA) is 20.2 Å². The molecule has 3 fully saturated rings. The molecule has 0 aromatic rings. The largest absolute Gasteiger partial charge is 0.389 e. The summed E-state index contributed by atoms with van der Waals surface area (Å²) in [6, 6.07) is 0. The van der Waals surface area contributed by atoms with Crippen LogP contribution in [-0.2, 0) is 0 Å². The third-order valence-electron chi connectivity index (χ3n) is 9.32. The van der Waals surface area contributed by atoms with Crippen LogP contribution in [0.15, 0.2) is 11.6 Å². The molecule has 1 heteroatoms. The van der Waals surface area contributed by atoms with Crippen molar-refractivity contribution in [3.05, 3.63) is 11.6 Å². The van der Waals surface area contributed by atoms with Gasteiger partial charge in [0.25, 0.3) is 0 Å². The predicted molar refractivity (Wildman–Crippen MR) is 101 cm³/mol. The van der Waals surface area contributed by atoms with Crippen molar-refractivity contribution in [1.29, 1.82) is 0 Å². The molecule has 0 aromatic heterocycles. The van der Waals surface area contributed by atoms with Crippen LogP contribution < -0.4 is 0 Å². The second-order valence-electron chi connectivity index (χ2n) is 10.7. The van der Waals surface area contributed by atoms with E-state index in [0.29, 0.717) is 16.7 Å². The van der Waals surface area contributed by atoms with E-state index in [0.717, 1.165) is 29.6 Å². The first-order valence-electron chi connectivity index (χ1n) is 10.7. The summed E-state index contributed by atoms with van der Waals surface area (Å²) in [7, 11) is 0. The fourth-order valence-corrected chi connectivity index (χ4v) is 8.18. The number of hydrogen-bond donors (Lipinski definition) is 1. The molecule has 8 atom stereocenters. The van der Waals surface area contributed by atoms with Gasteiger partial charge in [0.1, 0.15) is 0 Å². The van der Waals surface area contributed by atoms with Gasteiger partial charge in [-0.1, -0.05) is 46.3 Å². The van der Waals surface area contributed by atoms with Crippen molar-refractivity contribution in [2.24, 2.45) is 46.3 Å². The van der Waals surface area contributed by atoms with Crippen LogP contribution in [0.3, 0.4) is 0 Å². The van der Waals surface area contributed by atoms with E-state index >= 15 is 0 Å². The van der Waals surface area contributed by atoms with E-state index < -0.39 is 0 Å². The molecule has 0 amide bonds. The molecule has 4 aliphatic rings. The average molecular weight is 331 g/mol. The lowest BCUT2D eigenvalue weighted by Crippen LogP contribution is -2.52. The Bertz CT molecular complexity index is 534. The summed E-state index contributed by atoms with van der Waals surface area (Å²) in [4.78, 5) is 0. The lowest BCUT2D eigenvalue weighted by molar-refractivity contribution is -0.0674. The van der Waals surface area contributed by atoms with Crippen LogP contribution in [0.5, 0.6) is 0 Å². The van der Waals surface area contributed by atoms with Gasteiger partial charge in [-0.15, -0.1) is 0 Å². The lowest BCUT2D eigenvalue weighted by atomic mass is 9.46. The molecule has 1 N–H and O–H groups in total. The number of fused-ring (bicyclic) bond motifs is 5. The monoisotopic (exact) mass is 330 g/mol. The van der Waals surface area contributed by atoms with Crippen LogP contribution in [0.4, 0.5) is 0 Å². The van der Waals surface area contributed by atoms with E-state index in [-0.39, 0.29) is 6.10 Å². The van der Waals surface area contributed by atoms with Crippen molar-refractivity contribution in [2.75, 3.05) is 0 Å². The van der Waals surface area contributed by atoms with Crippen molar-refractivity contribution < 1.29 is 5.11 Å². The zero-order valence-corrected chi connectivity index (χ0v) is 16.5. The minimum atomic E-state index is -0.199. The lowest BCUT2D eigenvalue weighted by Gasteiger charge is -2.59. The molecule has 4 aliphatic carbocycles. The zero-order chi connectivity index (χ0) is 17.3. The fraction of sp³-hybridized carbons (Fsp3) is 0.913. The van der Waals surface area contributed by atoms with Gasteiger partial charge in [-0.2, -0.15) is 0 Å². The van der Waals surface area contributed by atoms with Crippen molar-refractivity contribution in [3.8, 4) is 0 Å². The molecule has 3 saturated carbocycles. The van der Waals surface area contributed by atoms with Gasteiger partial charge in [0.05, 0.1) is 6.10 Å². The predicted octanol–water partition coefficient (Wildman–Crippen LogP) is 5.83. The highest BCUT2D eigenvalue weighted by molar-refractivity contribution is 5.26. The van der Waals surface area contributed by atoms with Crippen LogP contribution in [0, 0.1) is 46.3 Å². The summed E-state index contributed by atoms with van der Waals surface area (Å²) in [5, 5.41) is 10.3. The van der Waals surface area contributed by atoms with E-state index in [1.807, 2.05) is 0 Å². The minimum absolute atomic E-state index is 0.199. The van der Waals surface area contributed by atoms with Crippen molar-refractivity contribution >= 4 is 0 Å². The highest BCUT2D eigenvalue weighted by Crippen LogP contribution is 2.67. The molecule has 0 bridgehead atoms. The average Bonchev–Trinajstić information content (AvgIpc) is 2.86. The van der Waals surface area contributed by atoms with Gasteiger partial charge in [0.15, 0.2) is 0 Å². The highest BCUT2D eigenvalue weighted by atomic mass is 16.3. The van der Waals surface area contributed by atoms with E-state index in [4.69, 9.17) is 0 Å². The Morgan fingerprint density at radius 3 is 2.54 bits per heavy atom. The van der Waals surface area contributed by atoms with Crippen LogP contribution in [-0.4, -0.2) is 11.2 Å². The second-order valence-corrected chi connectivity index (χ2v) is 10.7. The maximum Gasteiger partial charge on any atom is 0.0749 e. The Labute approximate surface area is 149 Å². The normalized spacial score (nSPS) is 54.0. The van der Waals surface area contributed by atoms with Gasteiger partial charge in [-0.3, -0.25) is 0 Å². The number of aliphatic hydroxyl groups excluding tert-OH is 1. The minimum Gasteiger partial charge on any atom is -0.389 e. The van der Waals surface area contributed by atoms with Gasteiger partial charge >= 0.3 is 0 Å². The van der Waals surface area contributed by atoms with E-state index in [1.54, 1.807) is 5.57 Å². The summed E-state index contributed by atoms with van der Waals surface area (Å²) >= 11 is 0. The van der Waals surface area contributed by atoms with Crippen molar-refractivity contribution in [3.63, 3.8) is 0 Å². The molecule has 136 valence electrons. The molecule has 0 aliphatic heterocycles. The summed E-state index contributed by atoms with van der Waals surface area (Å²) in [5.74, 6) is 4.99. The second kappa shape index (κ2) is 5.60. The number of allylic oxidation sites excluding steroid dienone is 1. The van der Waals surface area contributed by atoms with E-state index in [2.05, 4.69) is 40.7 Å². The first-order valence-corrected chi connectivity index (χ1v) is 10.7. The molecule has 0 saturated heterocycles. The van der Waals surface area contributed by atoms with Crippen LogP contribution in [0.1, 0.15) is 79.6 Å². The first kappa shape index (κ1) is 17.1. The smallest absolute Gasteiger partial charge is 0.0749 e. The molecule has 24 heavy (non-hydrogen) atoms. The van der Waals surface area contributed by atoms with Crippen molar-refractivity contribution in [1.82, 2.24) is 0 Å². The Balaban J connectivity index is 1.65.